The number of hydrogen-bond acceptors (Lipinski definition) is 0. The van der Waals surface area contributed by atoms with Crippen molar-refractivity contribution in [2.75, 3.05) is 0 Å². The van der Waals surface area contributed by atoms with Gasteiger partial charge >= 0.3 is 0 Å². The summed E-state index contributed by atoms with van der Waals surface area (Å²) in [6, 6.07) is 0. The van der Waals surface area contributed by atoms with Gasteiger partial charge in [0.2, 0.25) is 0 Å². The van der Waals surface area contributed by atoms with Gasteiger partial charge in [0.1, 0.15) is 0 Å². The monoisotopic (exact) mass is 240 g/mol. The molecule has 104 valence electrons. The third-order valence-corrected chi connectivity index (χ3v) is 4.45. The summed E-state index contributed by atoms with van der Waals surface area (Å²) in [6.45, 7) is 14.2. The summed E-state index contributed by atoms with van der Waals surface area (Å²) in [5, 5.41) is 0. The van der Waals surface area contributed by atoms with Gasteiger partial charge in [-0.2, -0.15) is 0 Å². The maximum Gasteiger partial charge on any atom is -0.0417 e. The van der Waals surface area contributed by atoms with Gasteiger partial charge in [0.25, 0.3) is 0 Å². The van der Waals surface area contributed by atoms with Crippen LogP contribution in [0.3, 0.4) is 0 Å². The molecule has 0 aliphatic heterocycles. The lowest BCUT2D eigenvalue weighted by Gasteiger charge is -2.19. The molecule has 0 aliphatic rings. The third-order valence-electron chi connectivity index (χ3n) is 4.45. The van der Waals surface area contributed by atoms with Gasteiger partial charge in [0.15, 0.2) is 0 Å². The Bertz CT molecular complexity index is 159. The van der Waals surface area contributed by atoms with E-state index in [1.54, 1.807) is 0 Å². The summed E-state index contributed by atoms with van der Waals surface area (Å²) in [6.07, 6.45) is 9.94. The van der Waals surface area contributed by atoms with Crippen LogP contribution in [0.5, 0.6) is 0 Å². The number of hydrogen-bond donors (Lipinski definition) is 0. The van der Waals surface area contributed by atoms with E-state index in [9.17, 15) is 0 Å². The summed E-state index contributed by atoms with van der Waals surface area (Å²) in [5.74, 6) is 3.65. The first-order valence-corrected chi connectivity index (χ1v) is 7.97. The third kappa shape index (κ3) is 9.68. The van der Waals surface area contributed by atoms with Crippen LogP contribution in [0.2, 0.25) is 0 Å². The molecule has 0 aliphatic carbocycles. The van der Waals surface area contributed by atoms with Crippen molar-refractivity contribution < 1.29 is 0 Å². The summed E-state index contributed by atoms with van der Waals surface area (Å²) in [7, 11) is 0. The zero-order chi connectivity index (χ0) is 13.3. The first-order chi connectivity index (χ1) is 7.97. The van der Waals surface area contributed by atoms with Gasteiger partial charge in [-0.3, -0.25) is 0 Å². The molecule has 0 spiro atoms. The minimum absolute atomic E-state index is 0.882. The molecule has 3 atom stereocenters. The maximum absolute atomic E-state index is 2.44. The van der Waals surface area contributed by atoms with Crippen molar-refractivity contribution in [3.8, 4) is 0 Å². The fourth-order valence-corrected chi connectivity index (χ4v) is 2.49. The van der Waals surface area contributed by atoms with Gasteiger partial charge in [-0.05, 0) is 23.7 Å². The quantitative estimate of drug-likeness (QED) is 0.420. The van der Waals surface area contributed by atoms with Crippen molar-refractivity contribution in [3.63, 3.8) is 0 Å². The second-order valence-electron chi connectivity index (χ2n) is 6.72. The highest BCUT2D eigenvalue weighted by atomic mass is 14.2. The molecule has 0 nitrogen and oxygen atoms in total. The van der Waals surface area contributed by atoms with Crippen LogP contribution in [0.25, 0.3) is 0 Å². The molecule has 3 unspecified atom stereocenters. The fourth-order valence-electron chi connectivity index (χ4n) is 2.49. The number of rotatable bonds is 10. The highest BCUT2D eigenvalue weighted by Gasteiger charge is 2.10. The average Bonchev–Trinajstić information content (AvgIpc) is 2.27. The zero-order valence-corrected chi connectivity index (χ0v) is 13.3. The van der Waals surface area contributed by atoms with Gasteiger partial charge in [-0.25, -0.2) is 0 Å². The molecule has 17 heavy (non-hydrogen) atoms. The smallest absolute Gasteiger partial charge is 0.0417 e. The molecule has 0 aromatic heterocycles. The Hall–Kier alpha value is 0. The molecular weight excluding hydrogens is 204 g/mol. The second kappa shape index (κ2) is 9.97. The van der Waals surface area contributed by atoms with E-state index in [0.29, 0.717) is 0 Å². The summed E-state index contributed by atoms with van der Waals surface area (Å²) >= 11 is 0. The molecule has 0 fully saturated rings. The highest BCUT2D eigenvalue weighted by molar-refractivity contribution is 4.62. The molecular formula is C17H36. The topological polar surface area (TPSA) is 0 Å². The highest BCUT2D eigenvalue weighted by Crippen LogP contribution is 2.23. The van der Waals surface area contributed by atoms with Gasteiger partial charge in [-0.1, -0.05) is 86.5 Å². The largest absolute Gasteiger partial charge is 0.0651 e. The van der Waals surface area contributed by atoms with Gasteiger partial charge in [0, 0.05) is 0 Å². The normalized spacial score (nSPS) is 17.1. The van der Waals surface area contributed by atoms with Gasteiger partial charge < -0.3 is 0 Å². The Balaban J connectivity index is 3.47. The van der Waals surface area contributed by atoms with E-state index < -0.39 is 0 Å². The van der Waals surface area contributed by atoms with Crippen molar-refractivity contribution in [2.24, 2.45) is 23.7 Å². The van der Waals surface area contributed by atoms with Crippen molar-refractivity contribution in [1.82, 2.24) is 0 Å². The van der Waals surface area contributed by atoms with Crippen LogP contribution in [0.15, 0.2) is 0 Å². The lowest BCUT2D eigenvalue weighted by Crippen LogP contribution is -2.07. The van der Waals surface area contributed by atoms with E-state index in [-0.39, 0.29) is 0 Å². The van der Waals surface area contributed by atoms with Gasteiger partial charge in [-0.15, -0.1) is 0 Å². The van der Waals surface area contributed by atoms with Crippen LogP contribution < -0.4 is 0 Å². The van der Waals surface area contributed by atoms with Crippen molar-refractivity contribution in [2.45, 2.75) is 86.5 Å². The fraction of sp³-hybridized carbons (Fsp3) is 1.00. The van der Waals surface area contributed by atoms with Crippen LogP contribution in [-0.4, -0.2) is 0 Å². The summed E-state index contributed by atoms with van der Waals surface area (Å²) in [5.41, 5.74) is 0. The van der Waals surface area contributed by atoms with E-state index in [2.05, 4.69) is 41.5 Å². The van der Waals surface area contributed by atoms with E-state index >= 15 is 0 Å². The Morgan fingerprint density at radius 1 is 0.647 bits per heavy atom. The molecule has 0 rings (SSSR count). The van der Waals surface area contributed by atoms with Crippen molar-refractivity contribution in [1.29, 1.82) is 0 Å². The lowest BCUT2D eigenvalue weighted by molar-refractivity contribution is 0.327. The average molecular weight is 240 g/mol. The predicted molar refractivity (Wildman–Crippen MR) is 80.3 cm³/mol. The molecule has 0 heterocycles. The molecule has 0 bridgehead atoms. The minimum Gasteiger partial charge on any atom is -0.0651 e. The first-order valence-electron chi connectivity index (χ1n) is 7.97. The predicted octanol–water partition coefficient (Wildman–Crippen LogP) is 6.30. The zero-order valence-electron chi connectivity index (χ0n) is 13.3. The molecule has 0 saturated carbocycles. The van der Waals surface area contributed by atoms with E-state index in [1.165, 1.54) is 44.9 Å². The lowest BCUT2D eigenvalue weighted by atomic mass is 9.87. The molecule has 0 amide bonds. The van der Waals surface area contributed by atoms with E-state index in [4.69, 9.17) is 0 Å². The minimum atomic E-state index is 0.882. The molecule has 0 aromatic carbocycles. The van der Waals surface area contributed by atoms with E-state index in [1.807, 2.05) is 0 Å². The second-order valence-corrected chi connectivity index (χ2v) is 6.72. The van der Waals surface area contributed by atoms with Crippen LogP contribution in [-0.2, 0) is 0 Å². The molecule has 0 radical (unpaired) electrons. The Labute approximate surface area is 111 Å². The Morgan fingerprint density at radius 2 is 1.18 bits per heavy atom. The molecule has 0 aromatic rings. The molecule has 0 saturated heterocycles. The Morgan fingerprint density at radius 3 is 1.65 bits per heavy atom. The summed E-state index contributed by atoms with van der Waals surface area (Å²) in [4.78, 5) is 0. The summed E-state index contributed by atoms with van der Waals surface area (Å²) < 4.78 is 0. The van der Waals surface area contributed by atoms with Crippen LogP contribution in [0.1, 0.15) is 86.5 Å². The van der Waals surface area contributed by atoms with Crippen LogP contribution in [0.4, 0.5) is 0 Å². The van der Waals surface area contributed by atoms with Crippen LogP contribution >= 0.6 is 0 Å². The SMILES string of the molecule is CCC(C)C(C)CCCC(C)CCCC(C)C. The maximum atomic E-state index is 2.44. The van der Waals surface area contributed by atoms with Crippen LogP contribution in [0, 0.1) is 23.7 Å². The molecule has 0 heteroatoms. The van der Waals surface area contributed by atoms with Crippen molar-refractivity contribution in [3.05, 3.63) is 0 Å². The Kier molecular flexibility index (Phi) is 9.97. The molecule has 0 N–H and O–H groups in total. The van der Waals surface area contributed by atoms with E-state index in [0.717, 1.165) is 23.7 Å². The standard InChI is InChI=1S/C17H36/c1-7-16(5)17(6)13-9-12-15(4)11-8-10-14(2)3/h14-17H,7-13H2,1-6H3. The first kappa shape index (κ1) is 17.0. The van der Waals surface area contributed by atoms with Gasteiger partial charge in [0.05, 0.1) is 0 Å². The van der Waals surface area contributed by atoms with Crippen molar-refractivity contribution >= 4 is 0 Å².